The summed E-state index contributed by atoms with van der Waals surface area (Å²) in [5.74, 6) is 0. The Morgan fingerprint density at radius 2 is 2.00 bits per heavy atom. The van der Waals surface area contributed by atoms with Crippen molar-refractivity contribution in [3.63, 3.8) is 0 Å². The van der Waals surface area contributed by atoms with Gasteiger partial charge in [0.25, 0.3) is 0 Å². The molecule has 0 fully saturated rings. The van der Waals surface area contributed by atoms with Gasteiger partial charge in [-0.15, -0.1) is 12.6 Å². The number of hydrogen-bond acceptors (Lipinski definition) is 4. The fourth-order valence-electron chi connectivity index (χ4n) is 1.22. The first-order chi connectivity index (χ1) is 6.65. The van der Waals surface area contributed by atoms with Crippen molar-refractivity contribution < 1.29 is 15.3 Å². The Morgan fingerprint density at radius 1 is 1.29 bits per heavy atom. The maximum atomic E-state index is 9.65. The second-order valence-corrected chi connectivity index (χ2v) is 3.64. The molecule has 0 spiro atoms. The van der Waals surface area contributed by atoms with Crippen LogP contribution in [-0.4, -0.2) is 28.0 Å². The van der Waals surface area contributed by atoms with Gasteiger partial charge in [-0.3, -0.25) is 0 Å². The van der Waals surface area contributed by atoms with Crippen LogP contribution in [0.25, 0.3) is 0 Å². The van der Waals surface area contributed by atoms with Crippen LogP contribution in [0.5, 0.6) is 0 Å². The van der Waals surface area contributed by atoms with Crippen LogP contribution in [0.4, 0.5) is 0 Å². The average Bonchev–Trinajstić information content (AvgIpc) is 2.17. The summed E-state index contributed by atoms with van der Waals surface area (Å²) in [6, 6.07) is 6.95. The highest BCUT2D eigenvalue weighted by atomic mass is 32.1. The first kappa shape index (κ1) is 11.5. The van der Waals surface area contributed by atoms with Crippen molar-refractivity contribution in [2.45, 2.75) is 23.5 Å². The van der Waals surface area contributed by atoms with Crippen LogP contribution in [0.1, 0.15) is 18.1 Å². The largest absolute Gasteiger partial charge is 0.396 e. The maximum absolute atomic E-state index is 9.65. The first-order valence-corrected chi connectivity index (χ1v) is 4.86. The van der Waals surface area contributed by atoms with Crippen LogP contribution < -0.4 is 0 Å². The van der Waals surface area contributed by atoms with Gasteiger partial charge < -0.3 is 15.3 Å². The number of aliphatic hydroxyl groups excluding tert-OH is 3. The van der Waals surface area contributed by atoms with Crippen molar-refractivity contribution in [3.05, 3.63) is 29.8 Å². The highest BCUT2D eigenvalue weighted by Gasteiger charge is 2.17. The van der Waals surface area contributed by atoms with Crippen LogP contribution in [0.2, 0.25) is 0 Å². The van der Waals surface area contributed by atoms with Crippen LogP contribution >= 0.6 is 12.6 Å². The molecule has 0 radical (unpaired) electrons. The van der Waals surface area contributed by atoms with Gasteiger partial charge in [0.1, 0.15) is 6.10 Å². The van der Waals surface area contributed by atoms with Gasteiger partial charge in [0, 0.05) is 11.5 Å². The molecule has 78 valence electrons. The Bertz CT molecular complexity index is 290. The normalized spacial score (nSPS) is 15.1. The Balaban J connectivity index is 2.73. The van der Waals surface area contributed by atoms with E-state index < -0.39 is 12.2 Å². The topological polar surface area (TPSA) is 60.7 Å². The molecule has 0 saturated carbocycles. The molecule has 1 aromatic carbocycles. The zero-order valence-corrected chi connectivity index (χ0v) is 8.56. The molecule has 0 aromatic heterocycles. The van der Waals surface area contributed by atoms with Crippen LogP contribution in [0.3, 0.4) is 0 Å². The monoisotopic (exact) mass is 214 g/mol. The minimum Gasteiger partial charge on any atom is -0.396 e. The van der Waals surface area contributed by atoms with Gasteiger partial charge in [-0.05, 0) is 24.1 Å². The fourth-order valence-corrected chi connectivity index (χ4v) is 1.46. The van der Waals surface area contributed by atoms with Crippen molar-refractivity contribution in [2.24, 2.45) is 0 Å². The summed E-state index contributed by atoms with van der Waals surface area (Å²) in [6.07, 6.45) is -1.73. The third-order valence-electron chi connectivity index (χ3n) is 2.00. The molecule has 4 heteroatoms. The quantitative estimate of drug-likeness (QED) is 0.559. The first-order valence-electron chi connectivity index (χ1n) is 4.41. The predicted octanol–water partition coefficient (Wildman–Crippen LogP) is 0.752. The zero-order valence-electron chi connectivity index (χ0n) is 7.67. The molecular weight excluding hydrogens is 200 g/mol. The highest BCUT2D eigenvalue weighted by Crippen LogP contribution is 2.20. The van der Waals surface area contributed by atoms with Crippen LogP contribution in [0, 0.1) is 0 Å². The number of hydrogen-bond donors (Lipinski definition) is 4. The Morgan fingerprint density at radius 3 is 2.57 bits per heavy atom. The lowest BCUT2D eigenvalue weighted by Crippen LogP contribution is -2.19. The molecule has 0 heterocycles. The van der Waals surface area contributed by atoms with Gasteiger partial charge in [-0.25, -0.2) is 0 Å². The van der Waals surface area contributed by atoms with Gasteiger partial charge in [0.15, 0.2) is 0 Å². The van der Waals surface area contributed by atoms with E-state index in [0.29, 0.717) is 5.56 Å². The van der Waals surface area contributed by atoms with Crippen molar-refractivity contribution in [2.75, 3.05) is 6.61 Å². The Labute approximate surface area is 88.4 Å². The summed E-state index contributed by atoms with van der Waals surface area (Å²) in [6.45, 7) is -0.140. The average molecular weight is 214 g/mol. The summed E-state index contributed by atoms with van der Waals surface area (Å²) in [4.78, 5) is 0.734. The second-order valence-electron chi connectivity index (χ2n) is 3.12. The molecule has 14 heavy (non-hydrogen) atoms. The van der Waals surface area contributed by atoms with E-state index in [2.05, 4.69) is 12.6 Å². The van der Waals surface area contributed by atoms with E-state index >= 15 is 0 Å². The lowest BCUT2D eigenvalue weighted by Gasteiger charge is -2.17. The Kier molecular flexibility index (Phi) is 4.41. The number of thiol groups is 1. The highest BCUT2D eigenvalue weighted by molar-refractivity contribution is 7.80. The molecule has 2 unspecified atom stereocenters. The van der Waals surface area contributed by atoms with Gasteiger partial charge in [-0.2, -0.15) is 0 Å². The second kappa shape index (κ2) is 5.36. The molecule has 0 bridgehead atoms. The molecule has 0 amide bonds. The molecule has 0 aliphatic rings. The number of aliphatic hydroxyl groups is 3. The fraction of sp³-hybridized carbons (Fsp3) is 0.400. The molecule has 3 N–H and O–H groups in total. The van der Waals surface area contributed by atoms with E-state index in [1.54, 1.807) is 24.3 Å². The zero-order chi connectivity index (χ0) is 10.6. The van der Waals surface area contributed by atoms with Gasteiger partial charge >= 0.3 is 0 Å². The minimum absolute atomic E-state index is 0.140. The predicted molar refractivity (Wildman–Crippen MR) is 56.4 cm³/mol. The van der Waals surface area contributed by atoms with Gasteiger partial charge in [0.2, 0.25) is 0 Å². The molecule has 0 saturated heterocycles. The molecule has 3 nitrogen and oxygen atoms in total. The summed E-state index contributed by atoms with van der Waals surface area (Å²) < 4.78 is 0. The lowest BCUT2D eigenvalue weighted by atomic mass is 10.0. The molecule has 0 aliphatic carbocycles. The van der Waals surface area contributed by atoms with Gasteiger partial charge in [0.05, 0.1) is 6.10 Å². The van der Waals surface area contributed by atoms with E-state index in [4.69, 9.17) is 5.11 Å². The minimum atomic E-state index is -0.964. The van der Waals surface area contributed by atoms with E-state index in [1.165, 1.54) is 0 Å². The summed E-state index contributed by atoms with van der Waals surface area (Å²) in [7, 11) is 0. The standard InChI is InChI=1S/C10H14O3S/c11-5-4-9(12)10(13)7-2-1-3-8(14)6-7/h1-3,6,9-14H,4-5H2. The molecule has 1 aromatic rings. The van der Waals surface area contributed by atoms with E-state index in [1.807, 2.05) is 0 Å². The molecule has 0 aliphatic heterocycles. The smallest absolute Gasteiger partial charge is 0.105 e. The third-order valence-corrected chi connectivity index (χ3v) is 2.28. The molecule has 2 atom stereocenters. The van der Waals surface area contributed by atoms with Crippen molar-refractivity contribution in [1.29, 1.82) is 0 Å². The summed E-state index contributed by atoms with van der Waals surface area (Å²) >= 11 is 4.13. The SMILES string of the molecule is OCCC(O)C(O)c1cccc(S)c1. The van der Waals surface area contributed by atoms with Crippen molar-refractivity contribution >= 4 is 12.6 Å². The Hall–Kier alpha value is -0.550. The molecule has 1 rings (SSSR count). The summed E-state index contributed by atoms with van der Waals surface area (Å²) in [5.41, 5.74) is 0.610. The van der Waals surface area contributed by atoms with Gasteiger partial charge in [-0.1, -0.05) is 12.1 Å². The lowest BCUT2D eigenvalue weighted by molar-refractivity contribution is 0.00411. The number of benzene rings is 1. The maximum Gasteiger partial charge on any atom is 0.105 e. The number of rotatable bonds is 4. The van der Waals surface area contributed by atoms with Crippen molar-refractivity contribution in [1.82, 2.24) is 0 Å². The van der Waals surface area contributed by atoms with E-state index in [-0.39, 0.29) is 13.0 Å². The van der Waals surface area contributed by atoms with E-state index in [0.717, 1.165) is 4.90 Å². The van der Waals surface area contributed by atoms with Crippen molar-refractivity contribution in [3.8, 4) is 0 Å². The van der Waals surface area contributed by atoms with Crippen LogP contribution in [0.15, 0.2) is 29.2 Å². The van der Waals surface area contributed by atoms with Crippen LogP contribution in [-0.2, 0) is 0 Å². The van der Waals surface area contributed by atoms with E-state index in [9.17, 15) is 10.2 Å². The molecular formula is C10H14O3S. The summed E-state index contributed by atoms with van der Waals surface area (Å²) in [5, 5.41) is 27.7. The third kappa shape index (κ3) is 2.99.